The normalized spacial score (nSPS) is 30.9. The molecular formula is C16H13F3O9. The second kappa shape index (κ2) is 6.74. The topological polar surface area (TPSA) is 147 Å². The van der Waals surface area contributed by atoms with Crippen LogP contribution in [0.15, 0.2) is 39.5 Å². The first-order chi connectivity index (χ1) is 12.9. The maximum Gasteiger partial charge on any atom is 0.423 e. The van der Waals surface area contributed by atoms with Gasteiger partial charge in [0.2, 0.25) is 11.9 Å². The number of halogens is 3. The van der Waals surface area contributed by atoms with Crippen LogP contribution in [0.2, 0.25) is 0 Å². The first kappa shape index (κ1) is 20.1. The molecule has 0 radical (unpaired) electrons. The van der Waals surface area contributed by atoms with Crippen LogP contribution in [-0.4, -0.2) is 62.8 Å². The van der Waals surface area contributed by atoms with E-state index in [0.29, 0.717) is 5.39 Å². The van der Waals surface area contributed by atoms with Crippen molar-refractivity contribution in [3.05, 3.63) is 40.8 Å². The second-order valence-corrected chi connectivity index (χ2v) is 6.05. The zero-order valence-corrected chi connectivity index (χ0v) is 13.7. The minimum Gasteiger partial charge on any atom is -0.479 e. The van der Waals surface area contributed by atoms with Crippen LogP contribution in [0, 0.1) is 0 Å². The van der Waals surface area contributed by atoms with Crippen molar-refractivity contribution in [3.8, 4) is 5.75 Å². The molecule has 0 saturated carbocycles. The van der Waals surface area contributed by atoms with E-state index in [0.717, 1.165) is 12.1 Å². The fourth-order valence-electron chi connectivity index (χ4n) is 2.79. The highest BCUT2D eigenvalue weighted by Gasteiger charge is 2.71. The summed E-state index contributed by atoms with van der Waals surface area (Å²) >= 11 is 0. The summed E-state index contributed by atoms with van der Waals surface area (Å²) in [6.07, 6.45) is -16.1. The van der Waals surface area contributed by atoms with Crippen LogP contribution >= 0.6 is 0 Å². The number of alkyl halides is 3. The third-order valence-electron chi connectivity index (χ3n) is 4.25. The van der Waals surface area contributed by atoms with E-state index in [2.05, 4.69) is 4.74 Å². The molecule has 0 aliphatic carbocycles. The maximum absolute atomic E-state index is 13.2. The van der Waals surface area contributed by atoms with Crippen LogP contribution in [0.3, 0.4) is 0 Å². The number of fused-ring (bicyclic) bond motifs is 1. The van der Waals surface area contributed by atoms with Gasteiger partial charge in [-0.15, -0.1) is 0 Å². The van der Waals surface area contributed by atoms with Gasteiger partial charge in [0, 0.05) is 17.5 Å². The molecule has 1 saturated heterocycles. The number of rotatable bonds is 3. The van der Waals surface area contributed by atoms with Crippen LogP contribution in [-0.2, 0) is 9.53 Å². The molecule has 0 unspecified atom stereocenters. The molecule has 28 heavy (non-hydrogen) atoms. The number of aliphatic hydroxyl groups excluding tert-OH is 2. The van der Waals surface area contributed by atoms with Gasteiger partial charge in [0.25, 0.3) is 0 Å². The van der Waals surface area contributed by atoms with Gasteiger partial charge < -0.3 is 34.3 Å². The lowest BCUT2D eigenvalue weighted by molar-refractivity contribution is -0.378. The molecule has 0 bridgehead atoms. The monoisotopic (exact) mass is 406 g/mol. The molecule has 1 fully saturated rings. The minimum absolute atomic E-state index is 0.0393. The molecule has 9 nitrogen and oxygen atoms in total. The van der Waals surface area contributed by atoms with E-state index in [1.54, 1.807) is 0 Å². The second-order valence-electron chi connectivity index (χ2n) is 6.05. The van der Waals surface area contributed by atoms with Gasteiger partial charge in [-0.2, -0.15) is 13.2 Å². The van der Waals surface area contributed by atoms with Crippen LogP contribution < -0.4 is 10.4 Å². The molecule has 3 rings (SSSR count). The third-order valence-corrected chi connectivity index (χ3v) is 4.25. The number of aliphatic carboxylic acids is 1. The highest BCUT2D eigenvalue weighted by Crippen LogP contribution is 2.42. The van der Waals surface area contributed by atoms with E-state index in [1.807, 2.05) is 0 Å². The van der Waals surface area contributed by atoms with Gasteiger partial charge in [-0.3, -0.25) is 0 Å². The largest absolute Gasteiger partial charge is 0.479 e. The number of hydrogen-bond donors (Lipinski definition) is 4. The van der Waals surface area contributed by atoms with Crippen molar-refractivity contribution in [2.75, 3.05) is 0 Å². The lowest BCUT2D eigenvalue weighted by Crippen LogP contribution is -2.74. The quantitative estimate of drug-likeness (QED) is 0.517. The molecule has 1 aliphatic rings. The molecule has 1 aromatic heterocycles. The number of carboxylic acid groups (broad SMARTS) is 1. The maximum atomic E-state index is 13.2. The summed E-state index contributed by atoms with van der Waals surface area (Å²) in [6.45, 7) is 0. The first-order valence-corrected chi connectivity index (χ1v) is 7.69. The van der Waals surface area contributed by atoms with Crippen molar-refractivity contribution < 1.29 is 52.3 Å². The van der Waals surface area contributed by atoms with Gasteiger partial charge in [-0.05, 0) is 18.2 Å². The molecule has 4 N–H and O–H groups in total. The Kier molecular flexibility index (Phi) is 4.83. The van der Waals surface area contributed by atoms with E-state index in [-0.39, 0.29) is 11.3 Å². The van der Waals surface area contributed by atoms with Crippen molar-refractivity contribution in [2.24, 2.45) is 0 Å². The highest BCUT2D eigenvalue weighted by molar-refractivity contribution is 5.77. The fraction of sp³-hybridized carbons (Fsp3) is 0.375. The SMILES string of the molecule is O=C(O)[C@H]1O[C@@H](Oc2ccc3ccc(=O)oc3c2)[C@H](O)[C@@H](O)[C@@]1(O)C(F)(F)F. The van der Waals surface area contributed by atoms with Crippen LogP contribution in [0.4, 0.5) is 13.2 Å². The molecule has 1 aliphatic heterocycles. The van der Waals surface area contributed by atoms with Crippen molar-refractivity contribution in [2.45, 2.75) is 36.4 Å². The summed E-state index contributed by atoms with van der Waals surface area (Å²) in [5.41, 5.74) is -4.92. The number of aliphatic hydroxyl groups is 3. The van der Waals surface area contributed by atoms with Crippen molar-refractivity contribution >= 4 is 16.9 Å². The average molecular weight is 406 g/mol. The van der Waals surface area contributed by atoms with E-state index in [1.165, 1.54) is 18.2 Å². The predicted molar refractivity (Wildman–Crippen MR) is 82.4 cm³/mol. The van der Waals surface area contributed by atoms with Gasteiger partial charge in [-0.25, -0.2) is 9.59 Å². The van der Waals surface area contributed by atoms with Gasteiger partial charge in [-0.1, -0.05) is 0 Å². The summed E-state index contributed by atoms with van der Waals surface area (Å²) in [5.74, 6) is -2.40. The summed E-state index contributed by atoms with van der Waals surface area (Å²) in [6, 6.07) is 6.44. The van der Waals surface area contributed by atoms with Gasteiger partial charge in [0.15, 0.2) is 6.10 Å². The Balaban J connectivity index is 1.93. The number of hydrogen-bond acceptors (Lipinski definition) is 8. The van der Waals surface area contributed by atoms with Crippen molar-refractivity contribution in [1.82, 2.24) is 0 Å². The molecule has 0 amide bonds. The molecule has 2 aromatic rings. The fourth-order valence-corrected chi connectivity index (χ4v) is 2.79. The Morgan fingerprint density at radius 3 is 2.43 bits per heavy atom. The average Bonchev–Trinajstić information content (AvgIpc) is 2.60. The van der Waals surface area contributed by atoms with Crippen LogP contribution in [0.5, 0.6) is 5.75 Å². The van der Waals surface area contributed by atoms with E-state index >= 15 is 0 Å². The zero-order valence-electron chi connectivity index (χ0n) is 13.7. The Labute approximate surface area is 153 Å². The van der Waals surface area contributed by atoms with Gasteiger partial charge in [0.05, 0.1) is 0 Å². The summed E-state index contributed by atoms with van der Waals surface area (Å²) < 4.78 is 54.2. The van der Waals surface area contributed by atoms with E-state index in [9.17, 15) is 38.1 Å². The molecule has 1 aromatic carbocycles. The summed E-state index contributed by atoms with van der Waals surface area (Å²) in [5, 5.41) is 39.0. The number of carboxylic acids is 1. The third kappa shape index (κ3) is 3.20. The van der Waals surface area contributed by atoms with Gasteiger partial charge >= 0.3 is 17.8 Å². The lowest BCUT2D eigenvalue weighted by atomic mass is 9.83. The van der Waals surface area contributed by atoms with E-state index < -0.39 is 48.0 Å². The smallest absolute Gasteiger partial charge is 0.423 e. The molecule has 152 valence electrons. The number of benzene rings is 1. The Morgan fingerprint density at radius 1 is 1.18 bits per heavy atom. The molecule has 0 spiro atoms. The highest BCUT2D eigenvalue weighted by atomic mass is 19.4. The zero-order chi connectivity index (χ0) is 20.9. The molecular weight excluding hydrogens is 393 g/mol. The summed E-state index contributed by atoms with van der Waals surface area (Å²) in [7, 11) is 0. The van der Waals surface area contributed by atoms with Gasteiger partial charge in [0.1, 0.15) is 23.5 Å². The van der Waals surface area contributed by atoms with Crippen LogP contribution in [0.1, 0.15) is 0 Å². The van der Waals surface area contributed by atoms with Crippen molar-refractivity contribution in [1.29, 1.82) is 0 Å². The Morgan fingerprint density at radius 2 is 1.82 bits per heavy atom. The Hall–Kier alpha value is -2.67. The Bertz CT molecular complexity index is 956. The molecule has 12 heteroatoms. The van der Waals surface area contributed by atoms with Crippen molar-refractivity contribution in [3.63, 3.8) is 0 Å². The lowest BCUT2D eigenvalue weighted by Gasteiger charge is -2.46. The molecule has 5 atom stereocenters. The first-order valence-electron chi connectivity index (χ1n) is 7.69. The standard InChI is InChI=1S/C16H13F3O9/c17-16(18,19)15(25)11(22)10(21)14(28-12(15)13(23)24)26-7-3-1-6-2-4-9(20)27-8(6)5-7/h1-5,10-12,14,21-22,25H,(H,23,24)/t10-,11-,12-,14-,15+/m1/s1. The van der Waals surface area contributed by atoms with Crippen LogP contribution in [0.25, 0.3) is 11.0 Å². The number of carbonyl (C=O) groups is 1. The minimum atomic E-state index is -5.63. The van der Waals surface area contributed by atoms with E-state index in [4.69, 9.17) is 14.3 Å². The summed E-state index contributed by atoms with van der Waals surface area (Å²) in [4.78, 5) is 22.5. The number of ether oxygens (including phenoxy) is 2. The predicted octanol–water partition coefficient (Wildman–Crippen LogP) is -0.00350. The molecule has 2 heterocycles.